The molecule has 0 aliphatic carbocycles. The summed E-state index contributed by atoms with van der Waals surface area (Å²) in [6.07, 6.45) is 0.363. The molecule has 0 saturated carbocycles. The molecule has 138 valence electrons. The highest BCUT2D eigenvalue weighted by Crippen LogP contribution is 2.23. The Bertz CT molecular complexity index is 759. The fourth-order valence-electron chi connectivity index (χ4n) is 2.51. The number of carboxylic acid groups (broad SMARTS) is 1. The molecule has 0 heterocycles. The predicted molar refractivity (Wildman–Crippen MR) is 97.4 cm³/mol. The lowest BCUT2D eigenvalue weighted by atomic mass is 9.97. The molecule has 0 bridgehead atoms. The van der Waals surface area contributed by atoms with Crippen molar-refractivity contribution >= 4 is 11.9 Å². The van der Waals surface area contributed by atoms with E-state index in [0.29, 0.717) is 18.7 Å². The van der Waals surface area contributed by atoms with Crippen molar-refractivity contribution in [3.05, 3.63) is 59.7 Å². The lowest BCUT2D eigenvalue weighted by molar-refractivity contribution is -0.139. The number of amides is 1. The summed E-state index contributed by atoms with van der Waals surface area (Å²) in [5.41, 5.74) is 1.89. The number of aliphatic carboxylic acids is 1. The summed E-state index contributed by atoms with van der Waals surface area (Å²) < 4.78 is 10.3. The minimum Gasteiger partial charge on any atom is -0.497 e. The molecule has 0 saturated heterocycles. The van der Waals surface area contributed by atoms with Crippen LogP contribution in [0.4, 0.5) is 0 Å². The normalized spacial score (nSPS) is 11.5. The average molecular weight is 357 g/mol. The molecule has 26 heavy (non-hydrogen) atoms. The van der Waals surface area contributed by atoms with Crippen LogP contribution in [0.15, 0.2) is 48.5 Å². The van der Waals surface area contributed by atoms with E-state index >= 15 is 0 Å². The Morgan fingerprint density at radius 3 is 2.58 bits per heavy atom. The number of carboxylic acids is 1. The fourth-order valence-corrected chi connectivity index (χ4v) is 2.51. The van der Waals surface area contributed by atoms with Crippen molar-refractivity contribution in [2.75, 3.05) is 13.7 Å². The van der Waals surface area contributed by atoms with Crippen molar-refractivity contribution in [2.24, 2.45) is 0 Å². The maximum Gasteiger partial charge on any atom is 0.341 e. The predicted octanol–water partition coefficient (Wildman–Crippen LogP) is 2.97. The highest BCUT2D eigenvalue weighted by atomic mass is 16.5. The minimum absolute atomic E-state index is 0.0582. The number of ether oxygens (including phenoxy) is 2. The number of hydrogen-bond acceptors (Lipinski definition) is 4. The van der Waals surface area contributed by atoms with Crippen LogP contribution in [-0.4, -0.2) is 30.7 Å². The Hall–Kier alpha value is -3.02. The second kappa shape index (κ2) is 9.46. The second-order valence-electron chi connectivity index (χ2n) is 5.99. The lowest BCUT2D eigenvalue weighted by Crippen LogP contribution is -2.24. The van der Waals surface area contributed by atoms with Gasteiger partial charge in [0.15, 0.2) is 6.61 Å². The number of benzene rings is 2. The molecule has 0 aliphatic heterocycles. The molecule has 0 fully saturated rings. The molecular weight excluding hydrogens is 334 g/mol. The molecule has 2 rings (SSSR count). The molecule has 0 radical (unpaired) electrons. The van der Waals surface area contributed by atoms with Crippen molar-refractivity contribution in [1.29, 1.82) is 0 Å². The Labute approximate surface area is 152 Å². The quantitative estimate of drug-likeness (QED) is 0.721. The van der Waals surface area contributed by atoms with E-state index in [0.717, 1.165) is 16.9 Å². The first kappa shape index (κ1) is 19.3. The molecule has 2 aromatic carbocycles. The van der Waals surface area contributed by atoms with Crippen LogP contribution < -0.4 is 14.8 Å². The van der Waals surface area contributed by atoms with Crippen LogP contribution in [0.3, 0.4) is 0 Å². The molecule has 0 aliphatic rings. The Kier molecular flexibility index (Phi) is 7.02. The van der Waals surface area contributed by atoms with Gasteiger partial charge in [0, 0.05) is 13.0 Å². The fraction of sp³-hybridized carbons (Fsp3) is 0.300. The average Bonchev–Trinajstić information content (AvgIpc) is 2.65. The summed E-state index contributed by atoms with van der Waals surface area (Å²) in [4.78, 5) is 22.7. The van der Waals surface area contributed by atoms with Crippen molar-refractivity contribution in [3.63, 3.8) is 0 Å². The zero-order chi connectivity index (χ0) is 18.9. The number of rotatable bonds is 9. The maximum absolute atomic E-state index is 12.2. The third kappa shape index (κ3) is 6.12. The van der Waals surface area contributed by atoms with E-state index in [9.17, 15) is 9.59 Å². The topological polar surface area (TPSA) is 84.9 Å². The van der Waals surface area contributed by atoms with Crippen LogP contribution in [0.25, 0.3) is 0 Å². The monoisotopic (exact) mass is 357 g/mol. The van der Waals surface area contributed by atoms with Gasteiger partial charge in [-0.1, -0.05) is 31.2 Å². The van der Waals surface area contributed by atoms with Crippen LogP contribution in [0.5, 0.6) is 11.5 Å². The highest BCUT2D eigenvalue weighted by molar-refractivity contribution is 5.76. The van der Waals surface area contributed by atoms with Gasteiger partial charge in [0.2, 0.25) is 5.91 Å². The van der Waals surface area contributed by atoms with Gasteiger partial charge in [-0.25, -0.2) is 4.79 Å². The van der Waals surface area contributed by atoms with Gasteiger partial charge < -0.3 is 19.9 Å². The third-order valence-electron chi connectivity index (χ3n) is 3.90. The molecule has 6 nitrogen and oxygen atoms in total. The summed E-state index contributed by atoms with van der Waals surface area (Å²) >= 11 is 0. The van der Waals surface area contributed by atoms with Gasteiger partial charge in [0.25, 0.3) is 0 Å². The molecule has 1 unspecified atom stereocenters. The number of carbonyl (C=O) groups is 2. The van der Waals surface area contributed by atoms with Crippen molar-refractivity contribution in [2.45, 2.75) is 25.8 Å². The van der Waals surface area contributed by atoms with Gasteiger partial charge in [-0.3, -0.25) is 4.79 Å². The standard InChI is InChI=1S/C20H23NO5/c1-14(16-6-4-7-17(11-16)25-2)9-19(22)21-12-15-5-3-8-18(10-15)26-13-20(23)24/h3-8,10-11,14H,9,12-13H2,1-2H3,(H,21,22)(H,23,24). The van der Waals surface area contributed by atoms with Crippen LogP contribution in [0, 0.1) is 0 Å². The highest BCUT2D eigenvalue weighted by Gasteiger charge is 2.12. The molecule has 1 atom stereocenters. The van der Waals surface area contributed by atoms with Gasteiger partial charge in [-0.05, 0) is 41.3 Å². The van der Waals surface area contributed by atoms with Crippen molar-refractivity contribution in [3.8, 4) is 11.5 Å². The van der Waals surface area contributed by atoms with Crippen LogP contribution >= 0.6 is 0 Å². The zero-order valence-electron chi connectivity index (χ0n) is 14.9. The van der Waals surface area contributed by atoms with Crippen LogP contribution in [-0.2, 0) is 16.1 Å². The van der Waals surface area contributed by atoms with Gasteiger partial charge in [0.1, 0.15) is 11.5 Å². The first-order valence-corrected chi connectivity index (χ1v) is 8.32. The van der Waals surface area contributed by atoms with Crippen LogP contribution in [0.2, 0.25) is 0 Å². The van der Waals surface area contributed by atoms with Crippen molar-refractivity contribution in [1.82, 2.24) is 5.32 Å². The van der Waals surface area contributed by atoms with E-state index in [2.05, 4.69) is 5.32 Å². The van der Waals surface area contributed by atoms with E-state index in [1.165, 1.54) is 0 Å². The molecule has 2 aromatic rings. The van der Waals surface area contributed by atoms with E-state index in [1.54, 1.807) is 25.3 Å². The Morgan fingerprint density at radius 1 is 1.12 bits per heavy atom. The van der Waals surface area contributed by atoms with E-state index in [-0.39, 0.29) is 11.8 Å². The molecule has 0 spiro atoms. The number of hydrogen-bond donors (Lipinski definition) is 2. The number of nitrogens with one attached hydrogen (secondary N) is 1. The Morgan fingerprint density at radius 2 is 1.85 bits per heavy atom. The summed E-state index contributed by atoms with van der Waals surface area (Å²) in [5, 5.41) is 11.5. The van der Waals surface area contributed by atoms with Gasteiger partial charge in [-0.2, -0.15) is 0 Å². The Balaban J connectivity index is 1.86. The maximum atomic E-state index is 12.2. The van der Waals surface area contributed by atoms with Gasteiger partial charge >= 0.3 is 5.97 Å². The molecule has 1 amide bonds. The van der Waals surface area contributed by atoms with Crippen LogP contribution in [0.1, 0.15) is 30.4 Å². The summed E-state index contributed by atoms with van der Waals surface area (Å²) in [7, 11) is 1.62. The summed E-state index contributed by atoms with van der Waals surface area (Å²) in [5.74, 6) is 0.208. The smallest absolute Gasteiger partial charge is 0.341 e. The minimum atomic E-state index is -1.03. The lowest BCUT2D eigenvalue weighted by Gasteiger charge is -2.13. The zero-order valence-corrected chi connectivity index (χ0v) is 14.9. The van der Waals surface area contributed by atoms with Crippen molar-refractivity contribution < 1.29 is 24.2 Å². The van der Waals surface area contributed by atoms with Gasteiger partial charge in [-0.15, -0.1) is 0 Å². The second-order valence-corrected chi connectivity index (χ2v) is 5.99. The summed E-state index contributed by atoms with van der Waals surface area (Å²) in [6.45, 7) is 1.95. The largest absolute Gasteiger partial charge is 0.497 e. The SMILES string of the molecule is COc1cccc(C(C)CC(=O)NCc2cccc(OCC(=O)O)c2)c1. The number of methoxy groups -OCH3 is 1. The molecule has 2 N–H and O–H groups in total. The molecule has 0 aromatic heterocycles. The first-order valence-electron chi connectivity index (χ1n) is 8.32. The first-order chi connectivity index (χ1) is 12.5. The van der Waals surface area contributed by atoms with E-state index in [1.807, 2.05) is 37.3 Å². The molecule has 6 heteroatoms. The van der Waals surface area contributed by atoms with E-state index in [4.69, 9.17) is 14.6 Å². The van der Waals surface area contributed by atoms with Gasteiger partial charge in [0.05, 0.1) is 7.11 Å². The summed E-state index contributed by atoms with van der Waals surface area (Å²) in [6, 6.07) is 14.7. The number of carbonyl (C=O) groups excluding carboxylic acids is 1. The third-order valence-corrected chi connectivity index (χ3v) is 3.90. The van der Waals surface area contributed by atoms with E-state index < -0.39 is 12.6 Å². The molecular formula is C20H23NO5.